The molecule has 0 radical (unpaired) electrons. The molecule has 0 saturated carbocycles. The monoisotopic (exact) mass is 611 g/mol. The van der Waals surface area contributed by atoms with Gasteiger partial charge in [0.25, 0.3) is 0 Å². The maximum atomic E-state index is 12.9. The fourth-order valence-corrected chi connectivity index (χ4v) is 5.66. The van der Waals surface area contributed by atoms with Crippen LogP contribution in [-0.2, 0) is 32.2 Å². The van der Waals surface area contributed by atoms with Crippen LogP contribution in [0.1, 0.15) is 5.82 Å². The number of hydrogen-bond donors (Lipinski definition) is 0. The fourth-order valence-electron chi connectivity index (χ4n) is 5.66. The van der Waals surface area contributed by atoms with Gasteiger partial charge in [-0.3, -0.25) is 4.79 Å². The van der Waals surface area contributed by atoms with Crippen LogP contribution in [0.2, 0.25) is 0 Å². The second kappa shape index (κ2) is 13.4. The van der Waals surface area contributed by atoms with Crippen LogP contribution >= 0.6 is 0 Å². The Kier molecular flexibility index (Phi) is 9.15. The van der Waals surface area contributed by atoms with Gasteiger partial charge in [0.2, 0.25) is 17.8 Å². The Morgan fingerprint density at radius 1 is 0.773 bits per heavy atom. The third-order valence-electron chi connectivity index (χ3n) is 8.37. The molecular formula is C27H41N13O4. The van der Waals surface area contributed by atoms with Crippen LogP contribution in [0.5, 0.6) is 0 Å². The van der Waals surface area contributed by atoms with E-state index in [9.17, 15) is 4.79 Å². The Morgan fingerprint density at radius 3 is 2.16 bits per heavy atom. The number of hydrogen-bond acceptors (Lipinski definition) is 15. The van der Waals surface area contributed by atoms with Crippen LogP contribution in [0, 0.1) is 0 Å². The third kappa shape index (κ3) is 6.17. The number of anilines is 4. The normalized spacial score (nSPS) is 18.0. The van der Waals surface area contributed by atoms with E-state index >= 15 is 0 Å². The van der Waals surface area contributed by atoms with Gasteiger partial charge in [0, 0.05) is 86.7 Å². The molecule has 0 spiro atoms. The van der Waals surface area contributed by atoms with Crippen molar-refractivity contribution >= 4 is 40.5 Å². The summed E-state index contributed by atoms with van der Waals surface area (Å²) in [7, 11) is 6.87. The first-order valence-electron chi connectivity index (χ1n) is 15.0. The van der Waals surface area contributed by atoms with Gasteiger partial charge in [-0.05, 0) is 0 Å². The van der Waals surface area contributed by atoms with E-state index in [4.69, 9.17) is 34.2 Å². The number of aromatic nitrogens is 7. The van der Waals surface area contributed by atoms with Crippen molar-refractivity contribution in [2.45, 2.75) is 13.1 Å². The van der Waals surface area contributed by atoms with Crippen molar-refractivity contribution in [3.8, 4) is 0 Å². The molecule has 3 aliphatic rings. The van der Waals surface area contributed by atoms with E-state index in [1.807, 2.05) is 26.5 Å². The summed E-state index contributed by atoms with van der Waals surface area (Å²) in [6.45, 7) is 8.35. The molecule has 17 heteroatoms. The lowest BCUT2D eigenvalue weighted by atomic mass is 10.2. The van der Waals surface area contributed by atoms with Gasteiger partial charge in [-0.15, -0.1) is 10.2 Å². The summed E-state index contributed by atoms with van der Waals surface area (Å²) in [6.07, 6.45) is 1.76. The summed E-state index contributed by atoms with van der Waals surface area (Å²) in [5.41, 5.74) is 1.26. The van der Waals surface area contributed by atoms with Gasteiger partial charge >= 0.3 is 0 Å². The second-order valence-corrected chi connectivity index (χ2v) is 11.1. The number of fused-ring (bicyclic) bond motifs is 2. The second-order valence-electron chi connectivity index (χ2n) is 11.1. The first kappa shape index (κ1) is 30.1. The molecule has 6 heterocycles. The molecule has 0 unspecified atom stereocenters. The number of carbonyl (C=O) groups is 1. The molecule has 0 aliphatic carbocycles. The summed E-state index contributed by atoms with van der Waals surface area (Å²) in [5, 5.41) is 10.3. The molecule has 238 valence electrons. The number of carbonyl (C=O) groups excluding carboxylic acids is 1. The molecule has 3 aromatic rings. The van der Waals surface area contributed by atoms with E-state index < -0.39 is 0 Å². The van der Waals surface area contributed by atoms with Crippen molar-refractivity contribution in [3.05, 3.63) is 12.2 Å². The molecule has 2 saturated heterocycles. The highest BCUT2D eigenvalue weighted by molar-refractivity contribution is 5.96. The first-order chi connectivity index (χ1) is 21.5. The summed E-state index contributed by atoms with van der Waals surface area (Å²) >= 11 is 0. The highest BCUT2D eigenvalue weighted by Crippen LogP contribution is 2.34. The number of nitrogens with zero attached hydrogens (tertiary/aromatic N) is 13. The van der Waals surface area contributed by atoms with E-state index in [2.05, 4.69) is 20.0 Å². The Balaban J connectivity index is 1.51. The lowest BCUT2D eigenvalue weighted by molar-refractivity contribution is -0.133. The molecule has 3 aromatic heterocycles. The van der Waals surface area contributed by atoms with E-state index in [-0.39, 0.29) is 12.5 Å². The van der Waals surface area contributed by atoms with Gasteiger partial charge in [-0.1, -0.05) is 0 Å². The van der Waals surface area contributed by atoms with Gasteiger partial charge in [-0.2, -0.15) is 15.0 Å². The van der Waals surface area contributed by atoms with E-state index in [0.29, 0.717) is 94.3 Å². The predicted molar refractivity (Wildman–Crippen MR) is 163 cm³/mol. The molecule has 2 fully saturated rings. The minimum Gasteiger partial charge on any atom is -0.383 e. The molecule has 0 N–H and O–H groups in total. The molecule has 1 amide bonds. The van der Waals surface area contributed by atoms with Gasteiger partial charge in [0.15, 0.2) is 17.5 Å². The topological polar surface area (TPSA) is 146 Å². The Labute approximate surface area is 256 Å². The minimum absolute atomic E-state index is 0.0285. The van der Waals surface area contributed by atoms with Crippen molar-refractivity contribution in [2.75, 3.05) is 127 Å². The van der Waals surface area contributed by atoms with Gasteiger partial charge < -0.3 is 43.4 Å². The van der Waals surface area contributed by atoms with Crippen LogP contribution in [0.3, 0.4) is 0 Å². The third-order valence-corrected chi connectivity index (χ3v) is 8.37. The maximum Gasteiger partial charge on any atom is 0.241 e. The average molecular weight is 612 g/mol. The van der Waals surface area contributed by atoms with Crippen molar-refractivity contribution < 1.29 is 19.1 Å². The van der Waals surface area contributed by atoms with E-state index in [1.54, 1.807) is 32.6 Å². The van der Waals surface area contributed by atoms with E-state index in [0.717, 1.165) is 31.3 Å². The lowest BCUT2D eigenvalue weighted by Gasteiger charge is -2.36. The number of ether oxygens (including phenoxy) is 2. The largest absolute Gasteiger partial charge is 0.383 e. The number of rotatable bonds is 11. The van der Waals surface area contributed by atoms with Gasteiger partial charge in [0.05, 0.1) is 33.4 Å². The number of amides is 1. The Bertz CT molecular complexity index is 1440. The van der Waals surface area contributed by atoms with Crippen molar-refractivity contribution in [2.24, 2.45) is 0 Å². The summed E-state index contributed by atoms with van der Waals surface area (Å²) < 4.78 is 12.9. The van der Waals surface area contributed by atoms with E-state index in [1.165, 1.54) is 0 Å². The molecule has 44 heavy (non-hydrogen) atoms. The minimum atomic E-state index is 0.0285. The number of likely N-dealkylation sites (N-methyl/N-ethyl adjacent to an activating group) is 1. The van der Waals surface area contributed by atoms with Crippen LogP contribution in [-0.4, -0.2) is 158 Å². The predicted octanol–water partition coefficient (Wildman–Crippen LogP) is -0.907. The summed E-state index contributed by atoms with van der Waals surface area (Å²) in [4.78, 5) is 49.1. The number of piperazine rings is 2. The lowest BCUT2D eigenvalue weighted by Crippen LogP contribution is -2.49. The van der Waals surface area contributed by atoms with Crippen molar-refractivity contribution in [3.63, 3.8) is 0 Å². The zero-order chi connectivity index (χ0) is 30.6. The maximum absolute atomic E-state index is 12.9. The van der Waals surface area contributed by atoms with Crippen molar-refractivity contribution in [1.29, 1.82) is 0 Å². The SMILES string of the molecule is COCCN(CCOC)c1nc(N2CCN(C)C(=O)C2)c2nc(N3CCn4cnnc4C3)nc(N3CCN(OC)CC3)c2n1. The standard InChI is InChI=1S/C27H41N13O4/c1-34-5-6-37(18-21(34)41)25-23-22(29-26(32-25)36(13-15-42-2)14-16-43-3)24(35-9-11-40(44-4)12-10-35)31-27(30-23)38-7-8-39-19-28-33-20(39)17-38/h19H,5-18H2,1-4H3. The van der Waals surface area contributed by atoms with Crippen molar-refractivity contribution in [1.82, 2.24) is 44.7 Å². The van der Waals surface area contributed by atoms with Crippen LogP contribution < -0.4 is 19.6 Å². The smallest absolute Gasteiger partial charge is 0.241 e. The molecule has 0 atom stereocenters. The average Bonchev–Trinajstić information content (AvgIpc) is 3.53. The number of hydroxylamine groups is 2. The van der Waals surface area contributed by atoms with Crippen LogP contribution in [0.25, 0.3) is 11.0 Å². The zero-order valence-corrected chi connectivity index (χ0v) is 25.9. The molecular weight excluding hydrogens is 570 g/mol. The summed E-state index contributed by atoms with van der Waals surface area (Å²) in [5.74, 6) is 3.33. The molecule has 17 nitrogen and oxygen atoms in total. The molecule has 3 aliphatic heterocycles. The van der Waals surface area contributed by atoms with Crippen LogP contribution in [0.4, 0.5) is 23.5 Å². The van der Waals surface area contributed by atoms with Crippen LogP contribution in [0.15, 0.2) is 6.33 Å². The highest BCUT2D eigenvalue weighted by atomic mass is 16.7. The quantitative estimate of drug-likeness (QED) is 0.263. The highest BCUT2D eigenvalue weighted by Gasteiger charge is 2.31. The molecule has 0 bridgehead atoms. The summed E-state index contributed by atoms with van der Waals surface area (Å²) in [6, 6.07) is 0. The Hall–Kier alpha value is -3.93. The molecule has 0 aromatic carbocycles. The fraction of sp³-hybridized carbons (Fsp3) is 0.667. The van der Waals surface area contributed by atoms with Gasteiger partial charge in [0.1, 0.15) is 17.4 Å². The zero-order valence-electron chi connectivity index (χ0n) is 25.9. The Morgan fingerprint density at radius 2 is 1.45 bits per heavy atom. The molecule has 6 rings (SSSR count). The number of methoxy groups -OCH3 is 2. The van der Waals surface area contributed by atoms with Gasteiger partial charge in [-0.25, -0.2) is 9.97 Å². The first-order valence-corrected chi connectivity index (χ1v) is 15.0.